The molecule has 1 heterocycles. The van der Waals surface area contributed by atoms with Gasteiger partial charge in [0.2, 0.25) is 0 Å². The van der Waals surface area contributed by atoms with Crippen LogP contribution in [0.25, 0.3) is 0 Å². The predicted octanol–water partition coefficient (Wildman–Crippen LogP) is 3.07. The summed E-state index contributed by atoms with van der Waals surface area (Å²) in [7, 11) is 0. The van der Waals surface area contributed by atoms with Crippen LogP contribution in [0.4, 0.5) is 20.2 Å². The molecule has 92 valence electrons. The van der Waals surface area contributed by atoms with Crippen LogP contribution in [0.1, 0.15) is 11.1 Å². The molecule has 2 aromatic carbocycles. The van der Waals surface area contributed by atoms with E-state index < -0.39 is 11.6 Å². The largest absolute Gasteiger partial charge is 0.398 e. The summed E-state index contributed by atoms with van der Waals surface area (Å²) >= 11 is 0. The van der Waals surface area contributed by atoms with Crippen LogP contribution in [0.5, 0.6) is 0 Å². The van der Waals surface area contributed by atoms with Crippen molar-refractivity contribution in [1.82, 2.24) is 0 Å². The van der Waals surface area contributed by atoms with Crippen molar-refractivity contribution < 1.29 is 8.78 Å². The molecule has 18 heavy (non-hydrogen) atoms. The maximum atomic E-state index is 13.7. The Kier molecular flexibility index (Phi) is 2.44. The smallest absolute Gasteiger partial charge is 0.149 e. The molecule has 1 aliphatic rings. The Morgan fingerprint density at radius 3 is 2.61 bits per heavy atom. The van der Waals surface area contributed by atoms with Gasteiger partial charge in [-0.1, -0.05) is 12.1 Å². The van der Waals surface area contributed by atoms with E-state index in [1.165, 1.54) is 12.1 Å². The van der Waals surface area contributed by atoms with Crippen LogP contribution >= 0.6 is 0 Å². The topological polar surface area (TPSA) is 29.3 Å². The lowest BCUT2D eigenvalue weighted by molar-refractivity contribution is 0.579. The third-order valence-electron chi connectivity index (χ3n) is 3.27. The second-order valence-corrected chi connectivity index (χ2v) is 4.44. The zero-order valence-electron chi connectivity index (χ0n) is 9.66. The molecular weight excluding hydrogens is 234 g/mol. The van der Waals surface area contributed by atoms with Crippen molar-refractivity contribution in [3.05, 3.63) is 59.2 Å². The van der Waals surface area contributed by atoms with Gasteiger partial charge in [0.25, 0.3) is 0 Å². The third kappa shape index (κ3) is 1.70. The van der Waals surface area contributed by atoms with Gasteiger partial charge < -0.3 is 10.6 Å². The van der Waals surface area contributed by atoms with Crippen LogP contribution in [0.15, 0.2) is 36.4 Å². The van der Waals surface area contributed by atoms with Crippen LogP contribution in [-0.2, 0) is 13.1 Å². The highest BCUT2D eigenvalue weighted by atomic mass is 19.1. The van der Waals surface area contributed by atoms with Crippen LogP contribution in [0.3, 0.4) is 0 Å². The van der Waals surface area contributed by atoms with E-state index in [-0.39, 0.29) is 0 Å². The fourth-order valence-electron chi connectivity index (χ4n) is 2.36. The predicted molar refractivity (Wildman–Crippen MR) is 67.1 cm³/mol. The van der Waals surface area contributed by atoms with Gasteiger partial charge in [-0.05, 0) is 29.3 Å². The average Bonchev–Trinajstić information content (AvgIpc) is 2.74. The number of benzene rings is 2. The lowest BCUT2D eigenvalue weighted by Gasteiger charge is -2.18. The molecule has 4 heteroatoms. The highest BCUT2D eigenvalue weighted by Gasteiger charge is 2.23. The molecule has 2 nitrogen and oxygen atoms in total. The first-order valence-corrected chi connectivity index (χ1v) is 5.71. The summed E-state index contributed by atoms with van der Waals surface area (Å²) in [6, 6.07) is 9.34. The first kappa shape index (κ1) is 11.0. The Hall–Kier alpha value is -2.10. The molecule has 0 saturated heterocycles. The highest BCUT2D eigenvalue weighted by Crippen LogP contribution is 2.32. The molecule has 0 bridgehead atoms. The molecule has 2 aromatic rings. The van der Waals surface area contributed by atoms with Gasteiger partial charge in [0.1, 0.15) is 11.6 Å². The Balaban J connectivity index is 1.96. The van der Waals surface area contributed by atoms with E-state index >= 15 is 0 Å². The summed E-state index contributed by atoms with van der Waals surface area (Å²) < 4.78 is 26.6. The van der Waals surface area contributed by atoms with Crippen molar-refractivity contribution in [1.29, 1.82) is 0 Å². The minimum absolute atomic E-state index is 0.409. The fourth-order valence-corrected chi connectivity index (χ4v) is 2.36. The second-order valence-electron chi connectivity index (χ2n) is 4.44. The normalized spacial score (nSPS) is 13.8. The third-order valence-corrected chi connectivity index (χ3v) is 3.27. The quantitative estimate of drug-likeness (QED) is 0.783. The standard InChI is InChI=1S/C14H12F2N2/c15-10-4-5-14(12(16)6-10)18-7-9-2-1-3-13(17)11(9)8-18/h1-6H,7-8,17H2. The monoisotopic (exact) mass is 246 g/mol. The maximum Gasteiger partial charge on any atom is 0.149 e. The molecule has 0 saturated carbocycles. The molecule has 0 unspecified atom stereocenters. The lowest BCUT2D eigenvalue weighted by atomic mass is 10.1. The summed E-state index contributed by atoms with van der Waals surface area (Å²) in [5, 5.41) is 0. The zero-order chi connectivity index (χ0) is 12.7. The molecule has 3 rings (SSSR count). The van der Waals surface area contributed by atoms with Crippen LogP contribution in [0, 0.1) is 11.6 Å². The molecule has 0 aliphatic carbocycles. The first-order chi connectivity index (χ1) is 8.65. The number of rotatable bonds is 1. The van der Waals surface area contributed by atoms with E-state index in [1.54, 1.807) is 0 Å². The fraction of sp³-hybridized carbons (Fsp3) is 0.143. The molecule has 0 aromatic heterocycles. The van der Waals surface area contributed by atoms with Crippen molar-refractivity contribution in [2.24, 2.45) is 0 Å². The van der Waals surface area contributed by atoms with Gasteiger partial charge in [-0.25, -0.2) is 8.78 Å². The number of anilines is 2. The molecule has 0 fully saturated rings. The Labute approximate surface area is 104 Å². The van der Waals surface area contributed by atoms with Crippen molar-refractivity contribution in [2.45, 2.75) is 13.1 Å². The van der Waals surface area contributed by atoms with E-state index in [9.17, 15) is 8.78 Å². The summed E-state index contributed by atoms with van der Waals surface area (Å²) in [6.07, 6.45) is 0. The maximum absolute atomic E-state index is 13.7. The number of nitrogens with two attached hydrogens (primary N) is 1. The minimum Gasteiger partial charge on any atom is -0.398 e. The summed E-state index contributed by atoms with van der Waals surface area (Å²) in [4.78, 5) is 1.86. The Morgan fingerprint density at radius 1 is 1.06 bits per heavy atom. The SMILES string of the molecule is Nc1cccc2c1CN(c1ccc(F)cc1F)C2. The Bertz CT molecular complexity index is 611. The molecule has 0 atom stereocenters. The average molecular weight is 246 g/mol. The van der Waals surface area contributed by atoms with Gasteiger partial charge in [-0.2, -0.15) is 0 Å². The summed E-state index contributed by atoms with van der Waals surface area (Å²) in [6.45, 7) is 1.16. The van der Waals surface area contributed by atoms with Crippen LogP contribution in [0.2, 0.25) is 0 Å². The van der Waals surface area contributed by atoms with Gasteiger partial charge in [0.15, 0.2) is 0 Å². The lowest BCUT2D eigenvalue weighted by Crippen LogP contribution is -2.16. The van der Waals surface area contributed by atoms with Gasteiger partial charge in [0, 0.05) is 24.8 Å². The Morgan fingerprint density at radius 2 is 1.89 bits per heavy atom. The summed E-state index contributed by atoms with van der Waals surface area (Å²) in [5.41, 5.74) is 9.15. The number of fused-ring (bicyclic) bond motifs is 1. The van der Waals surface area contributed by atoms with Gasteiger partial charge in [-0.15, -0.1) is 0 Å². The van der Waals surface area contributed by atoms with Crippen molar-refractivity contribution >= 4 is 11.4 Å². The first-order valence-electron chi connectivity index (χ1n) is 5.71. The van der Waals surface area contributed by atoms with Crippen molar-refractivity contribution in [3.8, 4) is 0 Å². The molecule has 2 N–H and O–H groups in total. The van der Waals surface area contributed by atoms with Crippen LogP contribution in [-0.4, -0.2) is 0 Å². The van der Waals surface area contributed by atoms with E-state index in [4.69, 9.17) is 5.73 Å². The number of nitrogen functional groups attached to an aromatic ring is 1. The second kappa shape index (κ2) is 3.98. The minimum atomic E-state index is -0.563. The molecule has 0 radical (unpaired) electrons. The van der Waals surface area contributed by atoms with Crippen molar-refractivity contribution in [3.63, 3.8) is 0 Å². The number of halogens is 2. The number of hydrogen-bond acceptors (Lipinski definition) is 2. The molecule has 0 amide bonds. The number of nitrogens with zero attached hydrogens (tertiary/aromatic N) is 1. The highest BCUT2D eigenvalue weighted by molar-refractivity contribution is 5.60. The molecular formula is C14H12F2N2. The van der Waals surface area contributed by atoms with Crippen molar-refractivity contribution in [2.75, 3.05) is 10.6 Å². The van der Waals surface area contributed by atoms with E-state index in [2.05, 4.69) is 0 Å². The van der Waals surface area contributed by atoms with Gasteiger partial charge in [0.05, 0.1) is 5.69 Å². The van der Waals surface area contributed by atoms with E-state index in [0.717, 1.165) is 22.9 Å². The van der Waals surface area contributed by atoms with E-state index in [1.807, 2.05) is 23.1 Å². The van der Waals surface area contributed by atoms with Crippen LogP contribution < -0.4 is 10.6 Å². The number of hydrogen-bond donors (Lipinski definition) is 1. The summed E-state index contributed by atoms with van der Waals surface area (Å²) in [5.74, 6) is -1.10. The van der Waals surface area contributed by atoms with Gasteiger partial charge >= 0.3 is 0 Å². The molecule has 0 spiro atoms. The molecule has 1 aliphatic heterocycles. The van der Waals surface area contributed by atoms with E-state index in [0.29, 0.717) is 18.8 Å². The van der Waals surface area contributed by atoms with Gasteiger partial charge in [-0.3, -0.25) is 0 Å². The zero-order valence-corrected chi connectivity index (χ0v) is 9.66.